The molecular weight excluding hydrogens is 280 g/mol. The molecule has 1 amide bonds. The Morgan fingerprint density at radius 3 is 2.95 bits per heavy atom. The van der Waals surface area contributed by atoms with Gasteiger partial charge in [-0.25, -0.2) is 0 Å². The minimum atomic E-state index is 0. The third-order valence-electron chi connectivity index (χ3n) is 3.77. The summed E-state index contributed by atoms with van der Waals surface area (Å²) in [6.45, 7) is 2.15. The Morgan fingerprint density at radius 1 is 1.40 bits per heavy atom. The SMILES string of the molecule is CN(C(=O)Cc1ccc2c(c1)OCO2)C1CCNC1.Cl. The molecule has 3 rings (SSSR count). The van der Waals surface area contributed by atoms with Crippen LogP contribution in [0.2, 0.25) is 0 Å². The van der Waals surface area contributed by atoms with Crippen LogP contribution >= 0.6 is 12.4 Å². The number of nitrogens with one attached hydrogen (secondary N) is 1. The lowest BCUT2D eigenvalue weighted by molar-refractivity contribution is -0.130. The Labute approximate surface area is 124 Å². The number of carbonyl (C=O) groups is 1. The number of halogens is 1. The van der Waals surface area contributed by atoms with Gasteiger partial charge in [0.1, 0.15) is 0 Å². The Morgan fingerprint density at radius 2 is 2.20 bits per heavy atom. The quantitative estimate of drug-likeness (QED) is 0.911. The van der Waals surface area contributed by atoms with Crippen molar-refractivity contribution < 1.29 is 14.3 Å². The van der Waals surface area contributed by atoms with Gasteiger partial charge < -0.3 is 19.7 Å². The molecule has 5 nitrogen and oxygen atoms in total. The lowest BCUT2D eigenvalue weighted by Gasteiger charge is -2.23. The zero-order valence-corrected chi connectivity index (χ0v) is 12.2. The van der Waals surface area contributed by atoms with Gasteiger partial charge in [-0.15, -0.1) is 12.4 Å². The number of hydrogen-bond acceptors (Lipinski definition) is 4. The van der Waals surface area contributed by atoms with Gasteiger partial charge in [0.15, 0.2) is 11.5 Å². The first-order valence-electron chi connectivity index (χ1n) is 6.59. The van der Waals surface area contributed by atoms with Crippen LogP contribution in [0, 0.1) is 0 Å². The van der Waals surface area contributed by atoms with Crippen molar-refractivity contribution in [3.8, 4) is 11.5 Å². The number of benzene rings is 1. The van der Waals surface area contributed by atoms with Crippen molar-refractivity contribution in [2.45, 2.75) is 18.9 Å². The molecule has 0 saturated carbocycles. The standard InChI is InChI=1S/C14H18N2O3.ClH/c1-16(11-4-5-15-8-11)14(17)7-10-2-3-12-13(6-10)19-9-18-12;/h2-3,6,11,15H,4-5,7-9H2,1H3;1H. The van der Waals surface area contributed by atoms with Crippen LogP contribution in [-0.2, 0) is 11.2 Å². The van der Waals surface area contributed by atoms with Crippen LogP contribution in [0.15, 0.2) is 18.2 Å². The lowest BCUT2D eigenvalue weighted by Crippen LogP contribution is -2.39. The summed E-state index contributed by atoms with van der Waals surface area (Å²) in [5.74, 6) is 1.63. The summed E-state index contributed by atoms with van der Waals surface area (Å²) in [5.41, 5.74) is 0.965. The van der Waals surface area contributed by atoms with Crippen LogP contribution in [0.4, 0.5) is 0 Å². The number of ether oxygens (including phenoxy) is 2. The van der Waals surface area contributed by atoms with Crippen LogP contribution < -0.4 is 14.8 Å². The van der Waals surface area contributed by atoms with E-state index in [0.717, 1.165) is 36.6 Å². The van der Waals surface area contributed by atoms with Gasteiger partial charge in [-0.05, 0) is 30.7 Å². The normalized spacial score (nSPS) is 19.6. The number of amides is 1. The van der Waals surface area contributed by atoms with E-state index < -0.39 is 0 Å². The number of fused-ring (bicyclic) bond motifs is 1. The van der Waals surface area contributed by atoms with Gasteiger partial charge in [-0.3, -0.25) is 4.79 Å². The average molecular weight is 299 g/mol. The van der Waals surface area contributed by atoms with Crippen molar-refractivity contribution >= 4 is 18.3 Å². The van der Waals surface area contributed by atoms with E-state index in [4.69, 9.17) is 9.47 Å². The second-order valence-electron chi connectivity index (χ2n) is 5.02. The van der Waals surface area contributed by atoms with Gasteiger partial charge in [-0.1, -0.05) is 6.07 Å². The predicted octanol–water partition coefficient (Wildman–Crippen LogP) is 1.20. The van der Waals surface area contributed by atoms with Gasteiger partial charge in [0, 0.05) is 19.6 Å². The largest absolute Gasteiger partial charge is 0.454 e. The van der Waals surface area contributed by atoms with Gasteiger partial charge in [0.05, 0.1) is 6.42 Å². The Hall–Kier alpha value is -1.46. The summed E-state index contributed by atoms with van der Waals surface area (Å²) >= 11 is 0. The fourth-order valence-electron chi connectivity index (χ4n) is 2.52. The third-order valence-corrected chi connectivity index (χ3v) is 3.77. The van der Waals surface area contributed by atoms with E-state index in [-0.39, 0.29) is 25.1 Å². The van der Waals surface area contributed by atoms with Gasteiger partial charge in [0.25, 0.3) is 0 Å². The number of rotatable bonds is 3. The van der Waals surface area contributed by atoms with Crippen LogP contribution in [-0.4, -0.2) is 43.8 Å². The molecule has 110 valence electrons. The summed E-state index contributed by atoms with van der Waals surface area (Å²) < 4.78 is 10.6. The zero-order chi connectivity index (χ0) is 13.2. The van der Waals surface area contributed by atoms with Crippen LogP contribution in [0.5, 0.6) is 11.5 Å². The topological polar surface area (TPSA) is 50.8 Å². The van der Waals surface area contributed by atoms with E-state index in [2.05, 4.69) is 5.32 Å². The number of likely N-dealkylation sites (N-methyl/N-ethyl adjacent to an activating group) is 1. The Bertz CT molecular complexity index is 489. The first-order chi connectivity index (χ1) is 9.24. The molecular formula is C14H19ClN2O3. The highest BCUT2D eigenvalue weighted by Gasteiger charge is 2.23. The zero-order valence-electron chi connectivity index (χ0n) is 11.4. The fourth-order valence-corrected chi connectivity index (χ4v) is 2.52. The number of hydrogen-bond donors (Lipinski definition) is 1. The molecule has 2 heterocycles. The highest BCUT2D eigenvalue weighted by Crippen LogP contribution is 2.32. The first-order valence-corrected chi connectivity index (χ1v) is 6.59. The third kappa shape index (κ3) is 2.99. The van der Waals surface area contributed by atoms with E-state index in [1.165, 1.54) is 0 Å². The predicted molar refractivity (Wildman–Crippen MR) is 77.6 cm³/mol. The van der Waals surface area contributed by atoms with Crippen LogP contribution in [0.25, 0.3) is 0 Å². The van der Waals surface area contributed by atoms with Crippen molar-refractivity contribution in [1.29, 1.82) is 0 Å². The van der Waals surface area contributed by atoms with Crippen molar-refractivity contribution in [2.75, 3.05) is 26.9 Å². The monoisotopic (exact) mass is 298 g/mol. The van der Waals surface area contributed by atoms with E-state index in [1.54, 1.807) is 0 Å². The summed E-state index contributed by atoms with van der Waals surface area (Å²) in [7, 11) is 1.88. The molecule has 1 aromatic rings. The molecule has 6 heteroatoms. The van der Waals surface area contributed by atoms with E-state index in [1.807, 2.05) is 30.1 Å². The number of nitrogens with zero attached hydrogens (tertiary/aromatic N) is 1. The molecule has 0 bridgehead atoms. The van der Waals surface area contributed by atoms with Crippen molar-refractivity contribution in [1.82, 2.24) is 10.2 Å². The molecule has 1 saturated heterocycles. The maximum atomic E-state index is 12.2. The Kier molecular flexibility index (Phi) is 4.73. The molecule has 20 heavy (non-hydrogen) atoms. The lowest BCUT2D eigenvalue weighted by atomic mass is 10.1. The smallest absolute Gasteiger partial charge is 0.231 e. The minimum absolute atomic E-state index is 0. The molecule has 1 unspecified atom stereocenters. The van der Waals surface area contributed by atoms with Crippen molar-refractivity contribution in [3.05, 3.63) is 23.8 Å². The Balaban J connectivity index is 0.00000147. The molecule has 1 aromatic carbocycles. The molecule has 0 spiro atoms. The summed E-state index contributed by atoms with van der Waals surface area (Å²) in [4.78, 5) is 14.1. The average Bonchev–Trinajstić information content (AvgIpc) is 3.08. The van der Waals surface area contributed by atoms with E-state index in [0.29, 0.717) is 12.5 Å². The van der Waals surface area contributed by atoms with E-state index >= 15 is 0 Å². The van der Waals surface area contributed by atoms with E-state index in [9.17, 15) is 4.79 Å². The van der Waals surface area contributed by atoms with Crippen molar-refractivity contribution in [2.24, 2.45) is 0 Å². The van der Waals surface area contributed by atoms with Crippen LogP contribution in [0.3, 0.4) is 0 Å². The molecule has 1 fully saturated rings. The maximum Gasteiger partial charge on any atom is 0.231 e. The first kappa shape index (κ1) is 14.9. The fraction of sp³-hybridized carbons (Fsp3) is 0.500. The maximum absolute atomic E-state index is 12.2. The highest BCUT2D eigenvalue weighted by atomic mass is 35.5. The highest BCUT2D eigenvalue weighted by molar-refractivity contribution is 5.85. The molecule has 2 aliphatic rings. The molecule has 1 N–H and O–H groups in total. The van der Waals surface area contributed by atoms with Crippen LogP contribution in [0.1, 0.15) is 12.0 Å². The molecule has 1 atom stereocenters. The summed E-state index contributed by atoms with van der Waals surface area (Å²) in [5, 5.41) is 3.28. The molecule has 2 aliphatic heterocycles. The second kappa shape index (κ2) is 6.33. The number of carbonyl (C=O) groups excluding carboxylic acids is 1. The van der Waals surface area contributed by atoms with Crippen molar-refractivity contribution in [3.63, 3.8) is 0 Å². The van der Waals surface area contributed by atoms with Gasteiger partial charge in [0.2, 0.25) is 12.7 Å². The summed E-state index contributed by atoms with van der Waals surface area (Å²) in [6, 6.07) is 6.00. The minimum Gasteiger partial charge on any atom is -0.454 e. The van der Waals surface area contributed by atoms with Gasteiger partial charge in [-0.2, -0.15) is 0 Å². The summed E-state index contributed by atoms with van der Waals surface area (Å²) in [6.07, 6.45) is 1.44. The molecule has 0 radical (unpaired) electrons. The second-order valence-corrected chi connectivity index (χ2v) is 5.02. The molecule has 0 aliphatic carbocycles. The molecule has 0 aromatic heterocycles. The van der Waals surface area contributed by atoms with Gasteiger partial charge >= 0.3 is 0 Å².